The second-order valence-corrected chi connectivity index (χ2v) is 23.7. The number of nitrogens with zero attached hydrogens (tertiary/aromatic N) is 9. The van der Waals surface area contributed by atoms with Crippen molar-refractivity contribution in [3.63, 3.8) is 0 Å². The molecule has 21 heteroatoms. The van der Waals surface area contributed by atoms with Crippen LogP contribution in [-0.2, 0) is 14.4 Å². The number of piperidine rings is 1. The molecule has 17 nitrogen and oxygen atoms in total. The van der Waals surface area contributed by atoms with Crippen molar-refractivity contribution in [1.82, 2.24) is 34.8 Å². The molecule has 0 radical (unpaired) electrons. The molecular formula is C62H66ClF2N9O8S. The number of β-amino-alcohol motifs (C(OH)–C–C–N with tert-alkyl or cyclic N) is 1. The number of piperazine rings is 1. The van der Waals surface area contributed by atoms with Gasteiger partial charge in [0.25, 0.3) is 11.8 Å². The summed E-state index contributed by atoms with van der Waals surface area (Å²) in [6.07, 6.45) is 0.521. The molecule has 0 saturated carbocycles. The smallest absolute Gasteiger partial charge is 0.319 e. The van der Waals surface area contributed by atoms with E-state index in [4.69, 9.17) is 30.6 Å². The number of anilines is 1. The number of aryl methyl sites for hydroxylation is 1. The molecule has 3 aliphatic rings. The third-order valence-electron chi connectivity index (χ3n) is 16.2. The molecule has 3 aromatic heterocycles. The molecule has 3 saturated heterocycles. The summed E-state index contributed by atoms with van der Waals surface area (Å²) in [5.41, 5.74) is 5.15. The highest BCUT2D eigenvalue weighted by Crippen LogP contribution is 2.43. The van der Waals surface area contributed by atoms with E-state index < -0.39 is 47.8 Å². The number of amides is 2. The number of phenolic OH excluding ortho intramolecular Hbond substituents is 1. The fourth-order valence-corrected chi connectivity index (χ4v) is 13.0. The zero-order valence-electron chi connectivity index (χ0n) is 46.9. The first-order valence-corrected chi connectivity index (χ1v) is 29.3. The number of rotatable bonds is 19. The predicted molar refractivity (Wildman–Crippen MR) is 313 cm³/mol. The van der Waals surface area contributed by atoms with Crippen molar-refractivity contribution in [2.75, 3.05) is 57.3 Å². The number of carbonyl (C=O) groups excluding carboxylic acids is 3. The number of Topliss-reactive ketones (excluding diaryl/α,β-unsaturated/α-hetero) is 1. The Morgan fingerprint density at radius 1 is 0.976 bits per heavy atom. The van der Waals surface area contributed by atoms with Gasteiger partial charge in [-0.2, -0.15) is 15.2 Å². The number of hydrogen-bond acceptors (Lipinski definition) is 16. The number of ketones is 1. The minimum atomic E-state index is -1.14. The van der Waals surface area contributed by atoms with Gasteiger partial charge in [-0.05, 0) is 108 Å². The SMILES string of the molecule is C=C(F)C(=O)N1CCN(c2nc(O[C@H](C)CN3CCC(COc4cc([C@H](C(=O)N5C[C@H](O)C[C@H]5C(=O)C[C@@H](C)c5ccc(-c6scnc6C)cc5)C(C)C)on4)CC3)nc3c(F)c(-c4cc(O)cc5ccccc45)c(Cl)cc23)C[C@@H]1CC#N. The molecule has 0 unspecified atom stereocenters. The molecule has 4 aromatic carbocycles. The maximum Gasteiger partial charge on any atom is 0.319 e. The summed E-state index contributed by atoms with van der Waals surface area (Å²) in [6, 6.07) is 22.1. The Balaban J connectivity index is 0.778. The number of aliphatic hydroxyl groups is 1. The lowest BCUT2D eigenvalue weighted by molar-refractivity contribution is -0.140. The Bertz CT molecular complexity index is 3600. The number of halogens is 3. The van der Waals surface area contributed by atoms with Gasteiger partial charge in [0.05, 0.1) is 58.4 Å². The third kappa shape index (κ3) is 12.7. The van der Waals surface area contributed by atoms with Crippen LogP contribution in [0.5, 0.6) is 17.6 Å². The summed E-state index contributed by atoms with van der Waals surface area (Å²) in [7, 11) is 0. The lowest BCUT2D eigenvalue weighted by Crippen LogP contribution is -2.55. The Kier molecular flexibility index (Phi) is 17.7. The van der Waals surface area contributed by atoms with Crippen molar-refractivity contribution in [2.45, 2.75) is 103 Å². The molecule has 6 atom stereocenters. The molecular weight excluding hydrogens is 1100 g/mol. The van der Waals surface area contributed by atoms with Gasteiger partial charge in [0.2, 0.25) is 5.91 Å². The van der Waals surface area contributed by atoms with Crippen LogP contribution in [0.3, 0.4) is 0 Å². The maximum absolute atomic E-state index is 17.4. The molecule has 0 spiro atoms. The largest absolute Gasteiger partial charge is 0.508 e. The average molecular weight is 1170 g/mol. The monoisotopic (exact) mass is 1170 g/mol. The Morgan fingerprint density at radius 3 is 2.45 bits per heavy atom. The average Bonchev–Trinajstić information content (AvgIpc) is 2.23. The molecule has 2 N–H and O–H groups in total. The number of likely N-dealkylation sites (tertiary alicyclic amines) is 2. The van der Waals surface area contributed by atoms with E-state index >= 15 is 4.39 Å². The molecule has 3 fully saturated rings. The van der Waals surface area contributed by atoms with Crippen LogP contribution in [0, 0.1) is 35.9 Å². The van der Waals surface area contributed by atoms with Crippen LogP contribution in [-0.4, -0.2) is 139 Å². The van der Waals surface area contributed by atoms with Crippen molar-refractivity contribution in [3.8, 4) is 45.3 Å². The van der Waals surface area contributed by atoms with Crippen LogP contribution in [0.15, 0.2) is 95.2 Å². The summed E-state index contributed by atoms with van der Waals surface area (Å²) in [4.78, 5) is 62.9. The number of carbonyl (C=O) groups is 3. The molecule has 3 aliphatic heterocycles. The van der Waals surface area contributed by atoms with Crippen molar-refractivity contribution in [2.24, 2.45) is 11.8 Å². The molecule has 10 rings (SSSR count). The summed E-state index contributed by atoms with van der Waals surface area (Å²) in [5.74, 6) is -3.41. The minimum absolute atomic E-state index is 0.0179. The lowest BCUT2D eigenvalue weighted by atomic mass is 9.89. The number of aromatic nitrogens is 4. The fraction of sp³-hybridized carbons (Fsp3) is 0.419. The van der Waals surface area contributed by atoms with E-state index in [0.717, 1.165) is 34.5 Å². The summed E-state index contributed by atoms with van der Waals surface area (Å²) in [6.45, 7) is 15.4. The quantitative estimate of drug-likeness (QED) is 0.0721. The Morgan fingerprint density at radius 2 is 1.73 bits per heavy atom. The highest BCUT2D eigenvalue weighted by atomic mass is 35.5. The summed E-state index contributed by atoms with van der Waals surface area (Å²) >= 11 is 8.55. The zero-order chi connectivity index (χ0) is 58.8. The van der Waals surface area contributed by atoms with Crippen LogP contribution >= 0.6 is 22.9 Å². The van der Waals surface area contributed by atoms with E-state index in [1.807, 2.05) is 82.6 Å². The van der Waals surface area contributed by atoms with E-state index in [9.17, 15) is 34.2 Å². The van der Waals surface area contributed by atoms with Crippen LogP contribution in [0.25, 0.3) is 43.2 Å². The molecule has 7 aromatic rings. The summed E-state index contributed by atoms with van der Waals surface area (Å²) in [5, 5.41) is 37.1. The lowest BCUT2D eigenvalue weighted by Gasteiger charge is -2.41. The number of nitriles is 1. The van der Waals surface area contributed by atoms with Crippen LogP contribution in [0.4, 0.5) is 14.6 Å². The third-order valence-corrected chi connectivity index (χ3v) is 17.5. The van der Waals surface area contributed by atoms with E-state index in [0.29, 0.717) is 48.3 Å². The highest BCUT2D eigenvalue weighted by Gasteiger charge is 2.44. The fourth-order valence-electron chi connectivity index (χ4n) is 11.9. The van der Waals surface area contributed by atoms with Crippen molar-refractivity contribution in [3.05, 3.63) is 119 Å². The number of hydrogen-bond donors (Lipinski definition) is 2. The maximum atomic E-state index is 17.4. The van der Waals surface area contributed by atoms with E-state index in [1.54, 1.807) is 40.5 Å². The molecule has 0 aliphatic carbocycles. The number of ether oxygens (including phenoxy) is 2. The highest BCUT2D eigenvalue weighted by molar-refractivity contribution is 7.13. The Labute approximate surface area is 489 Å². The van der Waals surface area contributed by atoms with Crippen molar-refractivity contribution >= 4 is 68.0 Å². The van der Waals surface area contributed by atoms with E-state index in [-0.39, 0.29) is 120 Å². The van der Waals surface area contributed by atoms with Gasteiger partial charge in [-0.1, -0.05) is 87.5 Å². The number of aliphatic hydroxyl groups excluding tert-OH is 1. The molecule has 434 valence electrons. The van der Waals surface area contributed by atoms with Gasteiger partial charge in [0.15, 0.2) is 23.2 Å². The number of aromatic hydroxyl groups is 1. The second kappa shape index (κ2) is 25.1. The van der Waals surface area contributed by atoms with Crippen molar-refractivity contribution in [1.29, 1.82) is 5.26 Å². The first kappa shape index (κ1) is 58.6. The normalized spacial score (nSPS) is 19.0. The van der Waals surface area contributed by atoms with E-state index in [1.165, 1.54) is 15.9 Å². The standard InChI is InChI=1S/C62H66ClF2N9O8S/c1-34(2)54(61(79)74-31-45(76)26-50(74)51(77)23-35(3)40-11-13-41(14-12-40)58-38(6)67-33-83-58)52-28-53(70-82-52)80-32-39-16-19-71(20-17-39)29-36(4)81-62-68-57-48(59(69-62)72-21-22-73(60(78)37(5)64)43(30-72)15-18-66)27-49(63)55(56(57)65)47-25-44(75)24-42-9-7-8-10-46(42)47/h7-14,24-25,27-28,33-36,39,43,45,50,54,75-76H,5,15-17,19-23,26,29-32H2,1-4,6H3/t35-,36-,43+,45-,50+,54-/m1/s1. The minimum Gasteiger partial charge on any atom is -0.508 e. The molecule has 0 bridgehead atoms. The van der Waals surface area contributed by atoms with Crippen molar-refractivity contribution < 1.29 is 47.4 Å². The van der Waals surface area contributed by atoms with Gasteiger partial charge < -0.3 is 38.9 Å². The van der Waals surface area contributed by atoms with Gasteiger partial charge in [-0.25, -0.2) is 13.8 Å². The predicted octanol–water partition coefficient (Wildman–Crippen LogP) is 10.8. The number of benzene rings is 4. The van der Waals surface area contributed by atoms with Gasteiger partial charge >= 0.3 is 6.01 Å². The van der Waals surface area contributed by atoms with Gasteiger partial charge in [0.1, 0.15) is 29.1 Å². The zero-order valence-corrected chi connectivity index (χ0v) is 48.5. The van der Waals surface area contributed by atoms with Crippen LogP contribution in [0.2, 0.25) is 5.02 Å². The first-order chi connectivity index (χ1) is 39.8. The molecule has 83 heavy (non-hydrogen) atoms. The second-order valence-electron chi connectivity index (χ2n) is 22.5. The van der Waals surface area contributed by atoms with Crippen LogP contribution < -0.4 is 14.4 Å². The van der Waals surface area contributed by atoms with Gasteiger partial charge in [-0.3, -0.25) is 19.3 Å². The molecule has 2 amide bonds. The molecule has 6 heterocycles. The Hall–Kier alpha value is -7.57. The van der Waals surface area contributed by atoms with Gasteiger partial charge in [0, 0.05) is 62.6 Å². The summed E-state index contributed by atoms with van der Waals surface area (Å²) < 4.78 is 49.9. The van der Waals surface area contributed by atoms with Gasteiger partial charge in [-0.15, -0.1) is 11.3 Å². The number of fused-ring (bicyclic) bond motifs is 2. The van der Waals surface area contributed by atoms with E-state index in [2.05, 4.69) is 32.7 Å². The number of phenols is 1. The topological polar surface area (TPSA) is 212 Å². The first-order valence-electron chi connectivity index (χ1n) is 28.0. The number of thiazole rings is 1. The van der Waals surface area contributed by atoms with Crippen LogP contribution in [0.1, 0.15) is 88.7 Å².